The summed E-state index contributed by atoms with van der Waals surface area (Å²) in [6.45, 7) is 1.22. The predicted octanol–water partition coefficient (Wildman–Crippen LogP) is 1.53. The van der Waals surface area contributed by atoms with Gasteiger partial charge in [-0.3, -0.25) is 10.2 Å². The molecule has 0 saturated heterocycles. The molecule has 100 valence electrons. The first-order chi connectivity index (χ1) is 8.95. The number of rotatable bonds is 5. The fourth-order valence-corrected chi connectivity index (χ4v) is 1.30. The zero-order valence-corrected chi connectivity index (χ0v) is 9.90. The zero-order valence-electron chi connectivity index (χ0n) is 9.90. The van der Waals surface area contributed by atoms with Crippen molar-refractivity contribution in [3.63, 3.8) is 0 Å². The van der Waals surface area contributed by atoms with Crippen LogP contribution in [0.4, 0.5) is 15.8 Å². The van der Waals surface area contributed by atoms with Crippen molar-refractivity contribution in [2.24, 2.45) is 5.10 Å². The fourth-order valence-electron chi connectivity index (χ4n) is 1.30. The number of carboxylic acid groups (broad SMARTS) is 1. The van der Waals surface area contributed by atoms with Crippen molar-refractivity contribution in [2.75, 3.05) is 10.7 Å². The van der Waals surface area contributed by atoms with E-state index >= 15 is 0 Å². The molecule has 0 aliphatic carbocycles. The monoisotopic (exact) mass is 266 g/mol. The summed E-state index contributed by atoms with van der Waals surface area (Å²) < 4.78 is 13.7. The number of carbonyl (C=O) groups excluding carboxylic acids is 1. The van der Waals surface area contributed by atoms with E-state index < -0.39 is 17.7 Å². The molecular weight excluding hydrogens is 255 g/mol. The summed E-state index contributed by atoms with van der Waals surface area (Å²) in [6.07, 6.45) is 1.86. The summed E-state index contributed by atoms with van der Waals surface area (Å²) in [6, 6.07) is 2.07. The SMILES string of the molecule is CC(=O)Nc1cc(F)c(N/N=C\C=N)c(C(=O)O)c1. The smallest absolute Gasteiger partial charge is 0.338 e. The minimum Gasteiger partial charge on any atom is -0.478 e. The number of anilines is 2. The van der Waals surface area contributed by atoms with Gasteiger partial charge in [-0.15, -0.1) is 0 Å². The van der Waals surface area contributed by atoms with E-state index in [9.17, 15) is 14.0 Å². The van der Waals surface area contributed by atoms with Crippen molar-refractivity contribution in [2.45, 2.75) is 6.92 Å². The maximum atomic E-state index is 13.7. The number of carbonyl (C=O) groups is 2. The Morgan fingerprint density at radius 3 is 2.68 bits per heavy atom. The Morgan fingerprint density at radius 1 is 1.47 bits per heavy atom. The Kier molecular flexibility index (Phi) is 4.69. The molecule has 0 unspecified atom stereocenters. The highest BCUT2D eigenvalue weighted by Gasteiger charge is 2.16. The molecule has 0 saturated carbocycles. The molecule has 19 heavy (non-hydrogen) atoms. The number of hydrogen-bond donors (Lipinski definition) is 4. The number of carboxylic acids is 1. The van der Waals surface area contributed by atoms with E-state index in [4.69, 9.17) is 10.5 Å². The van der Waals surface area contributed by atoms with Crippen LogP contribution in [-0.4, -0.2) is 29.4 Å². The highest BCUT2D eigenvalue weighted by Crippen LogP contribution is 2.25. The molecule has 1 amide bonds. The molecule has 4 N–H and O–H groups in total. The fraction of sp³-hybridized carbons (Fsp3) is 0.0909. The minimum atomic E-state index is -1.38. The van der Waals surface area contributed by atoms with Crippen LogP contribution in [0, 0.1) is 11.2 Å². The van der Waals surface area contributed by atoms with E-state index in [1.165, 1.54) is 6.92 Å². The summed E-state index contributed by atoms with van der Waals surface area (Å²) in [5.41, 5.74) is 1.49. The molecule has 0 radical (unpaired) electrons. The normalized spacial score (nSPS) is 10.2. The van der Waals surface area contributed by atoms with Gasteiger partial charge >= 0.3 is 5.97 Å². The lowest BCUT2D eigenvalue weighted by Gasteiger charge is -2.10. The summed E-state index contributed by atoms with van der Waals surface area (Å²) >= 11 is 0. The first kappa shape index (κ1) is 14.3. The van der Waals surface area contributed by atoms with Crippen LogP contribution in [0.5, 0.6) is 0 Å². The Hall–Kier alpha value is -2.77. The van der Waals surface area contributed by atoms with Crippen LogP contribution in [0.3, 0.4) is 0 Å². The number of nitrogens with one attached hydrogen (secondary N) is 3. The van der Waals surface area contributed by atoms with Crippen LogP contribution < -0.4 is 10.7 Å². The first-order valence-corrected chi connectivity index (χ1v) is 5.08. The van der Waals surface area contributed by atoms with Crippen LogP contribution in [0.25, 0.3) is 0 Å². The standard InChI is InChI=1S/C11H11FN4O3/c1-6(17)15-7-4-8(11(18)19)10(9(12)5-7)16-14-3-2-13/h2-5,13,16H,1H3,(H,15,17)(H,18,19)/b13-2?,14-3-. The largest absolute Gasteiger partial charge is 0.478 e. The van der Waals surface area contributed by atoms with Gasteiger partial charge in [0.1, 0.15) is 5.69 Å². The van der Waals surface area contributed by atoms with Gasteiger partial charge in [0.25, 0.3) is 0 Å². The number of nitrogens with zero attached hydrogens (tertiary/aromatic N) is 1. The van der Waals surface area contributed by atoms with Crippen molar-refractivity contribution >= 4 is 35.7 Å². The second-order valence-electron chi connectivity index (χ2n) is 3.42. The molecular formula is C11H11FN4O3. The van der Waals surface area contributed by atoms with Crippen LogP contribution in [-0.2, 0) is 4.79 Å². The van der Waals surface area contributed by atoms with E-state index in [-0.39, 0.29) is 16.9 Å². The van der Waals surface area contributed by atoms with Crippen molar-refractivity contribution in [1.82, 2.24) is 0 Å². The second-order valence-corrected chi connectivity index (χ2v) is 3.42. The highest BCUT2D eigenvalue weighted by molar-refractivity contribution is 6.14. The van der Waals surface area contributed by atoms with Crippen LogP contribution in [0.2, 0.25) is 0 Å². The highest BCUT2D eigenvalue weighted by atomic mass is 19.1. The molecule has 7 nitrogen and oxygen atoms in total. The summed E-state index contributed by atoms with van der Waals surface area (Å²) in [4.78, 5) is 21.9. The average Bonchev–Trinajstić information content (AvgIpc) is 2.30. The first-order valence-electron chi connectivity index (χ1n) is 5.08. The number of aromatic carboxylic acids is 1. The van der Waals surface area contributed by atoms with E-state index in [1.807, 2.05) is 0 Å². The molecule has 1 rings (SSSR count). The van der Waals surface area contributed by atoms with Crippen molar-refractivity contribution in [3.05, 3.63) is 23.5 Å². The molecule has 1 aromatic rings. The van der Waals surface area contributed by atoms with Gasteiger partial charge in [0.05, 0.1) is 11.8 Å². The molecule has 0 fully saturated rings. The summed E-state index contributed by atoms with van der Waals surface area (Å²) in [7, 11) is 0. The number of halogens is 1. The van der Waals surface area contributed by atoms with E-state index in [0.717, 1.165) is 24.6 Å². The Labute approximate surface area is 107 Å². The molecule has 1 aromatic carbocycles. The van der Waals surface area contributed by atoms with Gasteiger partial charge in [-0.25, -0.2) is 9.18 Å². The van der Waals surface area contributed by atoms with Crippen LogP contribution in [0.15, 0.2) is 17.2 Å². The lowest BCUT2D eigenvalue weighted by atomic mass is 10.1. The number of amides is 1. The molecule has 8 heteroatoms. The second kappa shape index (κ2) is 6.24. The van der Waals surface area contributed by atoms with Crippen molar-refractivity contribution < 1.29 is 19.1 Å². The van der Waals surface area contributed by atoms with E-state index in [2.05, 4.69) is 15.8 Å². The third kappa shape index (κ3) is 3.87. The van der Waals surface area contributed by atoms with E-state index in [1.54, 1.807) is 0 Å². The number of hydrogen-bond acceptors (Lipinski definition) is 5. The lowest BCUT2D eigenvalue weighted by molar-refractivity contribution is -0.114. The van der Waals surface area contributed by atoms with E-state index in [0.29, 0.717) is 0 Å². The van der Waals surface area contributed by atoms with Gasteiger partial charge in [0.2, 0.25) is 5.91 Å². The van der Waals surface area contributed by atoms with Gasteiger partial charge in [-0.1, -0.05) is 0 Å². The molecule has 0 aliphatic heterocycles. The van der Waals surface area contributed by atoms with Gasteiger partial charge in [0, 0.05) is 18.8 Å². The van der Waals surface area contributed by atoms with Crippen molar-refractivity contribution in [3.8, 4) is 0 Å². The minimum absolute atomic E-state index is 0.0315. The summed E-state index contributed by atoms with van der Waals surface area (Å²) in [5, 5.41) is 21.4. The maximum Gasteiger partial charge on any atom is 0.338 e. The van der Waals surface area contributed by atoms with Gasteiger partial charge in [-0.05, 0) is 12.1 Å². The maximum absolute atomic E-state index is 13.7. The predicted molar refractivity (Wildman–Crippen MR) is 68.6 cm³/mol. The number of hydrazone groups is 1. The average molecular weight is 266 g/mol. The number of benzene rings is 1. The molecule has 0 aromatic heterocycles. The van der Waals surface area contributed by atoms with Gasteiger partial charge in [-0.2, -0.15) is 5.10 Å². The van der Waals surface area contributed by atoms with Crippen LogP contribution >= 0.6 is 0 Å². The molecule has 0 heterocycles. The Bertz CT molecular complexity index is 557. The van der Waals surface area contributed by atoms with Crippen LogP contribution in [0.1, 0.15) is 17.3 Å². The summed E-state index contributed by atoms with van der Waals surface area (Å²) in [5.74, 6) is -2.71. The van der Waals surface area contributed by atoms with Crippen molar-refractivity contribution in [1.29, 1.82) is 5.41 Å². The zero-order chi connectivity index (χ0) is 14.4. The third-order valence-corrected chi connectivity index (χ3v) is 1.97. The topological polar surface area (TPSA) is 115 Å². The molecule has 0 bridgehead atoms. The van der Waals surface area contributed by atoms with Gasteiger partial charge in [0.15, 0.2) is 5.82 Å². The Morgan fingerprint density at radius 2 is 2.16 bits per heavy atom. The molecule has 0 spiro atoms. The molecule has 0 atom stereocenters. The van der Waals surface area contributed by atoms with Gasteiger partial charge < -0.3 is 15.8 Å². The lowest BCUT2D eigenvalue weighted by Crippen LogP contribution is -2.10. The third-order valence-electron chi connectivity index (χ3n) is 1.97. The molecule has 0 aliphatic rings. The Balaban J connectivity index is 3.22. The quantitative estimate of drug-likeness (QED) is 0.478.